The van der Waals surface area contributed by atoms with E-state index < -0.39 is 0 Å². The van der Waals surface area contributed by atoms with E-state index >= 15 is 0 Å². The number of rotatable bonds is 2. The number of nitrogens with one attached hydrogen (secondary N) is 1. The fraction of sp³-hybridized carbons (Fsp3) is 0.167. The van der Waals surface area contributed by atoms with Crippen LogP contribution in [0.5, 0.6) is 0 Å². The standard InChI is InChI=1S/C6H6ClNO/c7-4-6(9)5-2-1-3-8-5/h1-3,8H,4H2. The van der Waals surface area contributed by atoms with Crippen LogP contribution < -0.4 is 0 Å². The maximum absolute atomic E-state index is 10.7. The van der Waals surface area contributed by atoms with Crippen LogP contribution in [-0.4, -0.2) is 16.6 Å². The van der Waals surface area contributed by atoms with Gasteiger partial charge in [-0.1, -0.05) is 0 Å². The van der Waals surface area contributed by atoms with Gasteiger partial charge >= 0.3 is 0 Å². The van der Waals surface area contributed by atoms with Gasteiger partial charge in [-0.15, -0.1) is 11.6 Å². The molecule has 0 spiro atoms. The van der Waals surface area contributed by atoms with Crippen LogP contribution in [0, 0.1) is 0 Å². The molecule has 0 amide bonds. The summed E-state index contributed by atoms with van der Waals surface area (Å²) in [6.07, 6.45) is 1.69. The quantitative estimate of drug-likeness (QED) is 0.493. The van der Waals surface area contributed by atoms with Crippen LogP contribution >= 0.6 is 11.6 Å². The number of hydrogen-bond donors (Lipinski definition) is 1. The first kappa shape index (κ1) is 6.36. The molecule has 0 atom stereocenters. The van der Waals surface area contributed by atoms with Crippen LogP contribution in [0.25, 0.3) is 0 Å². The predicted molar refractivity (Wildman–Crippen MR) is 35.8 cm³/mol. The monoisotopic (exact) mass is 143 g/mol. The Morgan fingerprint density at radius 2 is 2.56 bits per heavy atom. The van der Waals surface area contributed by atoms with Crippen molar-refractivity contribution >= 4 is 17.4 Å². The Kier molecular flexibility index (Phi) is 1.90. The Morgan fingerprint density at radius 1 is 1.78 bits per heavy atom. The Hall–Kier alpha value is -0.760. The number of ketones is 1. The van der Waals surface area contributed by atoms with Crippen LogP contribution in [0.4, 0.5) is 0 Å². The lowest BCUT2D eigenvalue weighted by atomic mass is 10.3. The number of carbonyl (C=O) groups is 1. The molecule has 48 valence electrons. The van der Waals surface area contributed by atoms with Gasteiger partial charge in [0.25, 0.3) is 0 Å². The van der Waals surface area contributed by atoms with Crippen LogP contribution in [0.15, 0.2) is 18.3 Å². The van der Waals surface area contributed by atoms with Crippen LogP contribution in [0.2, 0.25) is 0 Å². The molecule has 3 heteroatoms. The molecular formula is C6H6ClNO. The van der Waals surface area contributed by atoms with Crippen molar-refractivity contribution in [3.63, 3.8) is 0 Å². The average molecular weight is 144 g/mol. The summed E-state index contributed by atoms with van der Waals surface area (Å²) in [6.45, 7) is 0. The second-order valence-corrected chi connectivity index (χ2v) is 1.91. The lowest BCUT2D eigenvalue weighted by Crippen LogP contribution is -1.99. The van der Waals surface area contributed by atoms with E-state index in [2.05, 4.69) is 4.98 Å². The van der Waals surface area contributed by atoms with Gasteiger partial charge in [-0.25, -0.2) is 0 Å². The molecule has 0 aromatic carbocycles. The Labute approximate surface area is 57.8 Å². The largest absolute Gasteiger partial charge is 0.359 e. The Balaban J connectivity index is 2.77. The van der Waals surface area contributed by atoms with E-state index in [4.69, 9.17) is 11.6 Å². The third-order valence-corrected chi connectivity index (χ3v) is 1.26. The van der Waals surface area contributed by atoms with E-state index in [1.54, 1.807) is 18.3 Å². The number of halogens is 1. The van der Waals surface area contributed by atoms with Gasteiger partial charge in [-0.3, -0.25) is 4.79 Å². The molecule has 1 aromatic rings. The van der Waals surface area contributed by atoms with E-state index in [1.807, 2.05) is 0 Å². The number of aromatic nitrogens is 1. The maximum atomic E-state index is 10.7. The molecule has 1 heterocycles. The minimum absolute atomic E-state index is 0.0422. The van der Waals surface area contributed by atoms with Gasteiger partial charge in [-0.05, 0) is 12.1 Å². The number of hydrogen-bond acceptors (Lipinski definition) is 1. The molecule has 0 unspecified atom stereocenters. The lowest BCUT2D eigenvalue weighted by molar-refractivity contribution is 0.101. The SMILES string of the molecule is O=C(CCl)c1ccc[nH]1. The first-order chi connectivity index (χ1) is 4.34. The zero-order valence-corrected chi connectivity index (χ0v) is 5.48. The fourth-order valence-corrected chi connectivity index (χ4v) is 0.720. The highest BCUT2D eigenvalue weighted by Crippen LogP contribution is 1.96. The lowest BCUT2D eigenvalue weighted by Gasteiger charge is -1.86. The molecule has 0 aliphatic carbocycles. The van der Waals surface area contributed by atoms with Crippen molar-refractivity contribution in [3.8, 4) is 0 Å². The number of Topliss-reactive ketones (excluding diaryl/α,β-unsaturated/α-hetero) is 1. The van der Waals surface area contributed by atoms with E-state index in [1.165, 1.54) is 0 Å². The smallest absolute Gasteiger partial charge is 0.193 e. The predicted octanol–water partition coefficient (Wildman–Crippen LogP) is 1.44. The van der Waals surface area contributed by atoms with Crippen LogP contribution in [0.3, 0.4) is 0 Å². The molecule has 0 aliphatic heterocycles. The molecule has 0 fully saturated rings. The summed E-state index contributed by atoms with van der Waals surface area (Å²) < 4.78 is 0. The number of H-pyrrole nitrogens is 1. The van der Waals surface area contributed by atoms with Crippen molar-refractivity contribution < 1.29 is 4.79 Å². The minimum atomic E-state index is -0.0679. The second-order valence-electron chi connectivity index (χ2n) is 1.64. The van der Waals surface area contributed by atoms with Crippen molar-refractivity contribution in [2.75, 3.05) is 5.88 Å². The topological polar surface area (TPSA) is 32.9 Å². The molecule has 0 saturated carbocycles. The zero-order valence-electron chi connectivity index (χ0n) is 4.73. The molecule has 2 nitrogen and oxygen atoms in total. The van der Waals surface area contributed by atoms with Crippen molar-refractivity contribution in [1.82, 2.24) is 4.98 Å². The van der Waals surface area contributed by atoms with Crippen LogP contribution in [0.1, 0.15) is 10.5 Å². The molecular weight excluding hydrogens is 138 g/mol. The van der Waals surface area contributed by atoms with Crippen molar-refractivity contribution in [2.24, 2.45) is 0 Å². The van der Waals surface area contributed by atoms with Gasteiger partial charge < -0.3 is 4.98 Å². The van der Waals surface area contributed by atoms with E-state index in [9.17, 15) is 4.79 Å². The Morgan fingerprint density at radius 3 is 3.00 bits per heavy atom. The Bertz CT molecular complexity index is 193. The average Bonchev–Trinajstić information content (AvgIpc) is 2.37. The van der Waals surface area contributed by atoms with E-state index in [-0.39, 0.29) is 11.7 Å². The summed E-state index contributed by atoms with van der Waals surface area (Å²) >= 11 is 5.27. The highest BCUT2D eigenvalue weighted by Gasteiger charge is 2.01. The van der Waals surface area contributed by atoms with Gasteiger partial charge in [0.15, 0.2) is 5.78 Å². The van der Waals surface area contributed by atoms with Gasteiger partial charge in [0.05, 0.1) is 11.6 Å². The van der Waals surface area contributed by atoms with E-state index in [0.29, 0.717) is 5.69 Å². The van der Waals surface area contributed by atoms with E-state index in [0.717, 1.165) is 0 Å². The summed E-state index contributed by atoms with van der Waals surface area (Å²) in [7, 11) is 0. The minimum Gasteiger partial charge on any atom is -0.359 e. The van der Waals surface area contributed by atoms with Crippen molar-refractivity contribution in [2.45, 2.75) is 0 Å². The third kappa shape index (κ3) is 1.33. The molecule has 1 aromatic heterocycles. The summed E-state index contributed by atoms with van der Waals surface area (Å²) in [5.41, 5.74) is 0.574. The normalized spacial score (nSPS) is 9.44. The highest BCUT2D eigenvalue weighted by molar-refractivity contribution is 6.30. The van der Waals surface area contributed by atoms with Crippen LogP contribution in [-0.2, 0) is 0 Å². The second kappa shape index (κ2) is 2.69. The molecule has 9 heavy (non-hydrogen) atoms. The molecule has 1 N–H and O–H groups in total. The number of carbonyl (C=O) groups excluding carboxylic acids is 1. The molecule has 1 rings (SSSR count). The summed E-state index contributed by atoms with van der Waals surface area (Å²) in [5.74, 6) is -0.0257. The van der Waals surface area contributed by atoms with Gasteiger partial charge in [0.2, 0.25) is 0 Å². The zero-order chi connectivity index (χ0) is 6.69. The maximum Gasteiger partial charge on any atom is 0.193 e. The fourth-order valence-electron chi connectivity index (χ4n) is 0.576. The molecule has 0 aliphatic rings. The number of alkyl halides is 1. The van der Waals surface area contributed by atoms with Gasteiger partial charge in [0, 0.05) is 6.20 Å². The molecule has 0 radical (unpaired) electrons. The summed E-state index contributed by atoms with van der Waals surface area (Å²) in [4.78, 5) is 13.5. The highest BCUT2D eigenvalue weighted by atomic mass is 35.5. The summed E-state index contributed by atoms with van der Waals surface area (Å²) in [6, 6.07) is 3.46. The van der Waals surface area contributed by atoms with Crippen molar-refractivity contribution in [3.05, 3.63) is 24.0 Å². The summed E-state index contributed by atoms with van der Waals surface area (Å²) in [5, 5.41) is 0. The number of aromatic amines is 1. The third-order valence-electron chi connectivity index (χ3n) is 1.02. The van der Waals surface area contributed by atoms with Gasteiger partial charge in [0.1, 0.15) is 0 Å². The first-order valence-electron chi connectivity index (χ1n) is 2.57. The molecule has 0 saturated heterocycles. The first-order valence-corrected chi connectivity index (χ1v) is 3.10. The molecule has 0 bridgehead atoms. The van der Waals surface area contributed by atoms with Crippen molar-refractivity contribution in [1.29, 1.82) is 0 Å². The van der Waals surface area contributed by atoms with Gasteiger partial charge in [-0.2, -0.15) is 0 Å².